The Morgan fingerprint density at radius 2 is 2.03 bits per heavy atom. The predicted molar refractivity (Wildman–Crippen MR) is 105 cm³/mol. The molecule has 154 valence electrons. The van der Waals surface area contributed by atoms with Crippen LogP contribution in [-0.2, 0) is 9.63 Å². The summed E-state index contributed by atoms with van der Waals surface area (Å²) in [4.78, 5) is 33.9. The largest absolute Gasteiger partial charge is 0.481 e. The number of fused-ring (bicyclic) bond motifs is 5. The van der Waals surface area contributed by atoms with Crippen molar-refractivity contribution in [1.82, 2.24) is 5.48 Å². The Morgan fingerprint density at radius 3 is 2.72 bits per heavy atom. The number of carbonyl (C=O) groups excluding carboxylic acids is 1. The highest BCUT2D eigenvalue weighted by Crippen LogP contribution is 2.48. The number of carboxylic acid groups (broad SMARTS) is 1. The van der Waals surface area contributed by atoms with Gasteiger partial charge in [0.1, 0.15) is 11.7 Å². The van der Waals surface area contributed by atoms with E-state index in [1.54, 1.807) is 0 Å². The SMILES string of the molecule is CONC1=Cc2c(c(F)cc3c2N(C2CC2)CC(C(=O)O)C3=O)N2CCCC2C1. The van der Waals surface area contributed by atoms with E-state index < -0.39 is 23.5 Å². The van der Waals surface area contributed by atoms with Crippen LogP contribution in [0.4, 0.5) is 15.8 Å². The number of benzene rings is 1. The monoisotopic (exact) mass is 401 g/mol. The zero-order valence-electron chi connectivity index (χ0n) is 16.3. The van der Waals surface area contributed by atoms with Crippen LogP contribution in [0, 0.1) is 11.7 Å². The molecule has 2 unspecified atom stereocenters. The maximum atomic E-state index is 15.4. The van der Waals surface area contributed by atoms with E-state index in [1.807, 2.05) is 11.0 Å². The van der Waals surface area contributed by atoms with E-state index in [1.165, 1.54) is 13.2 Å². The maximum Gasteiger partial charge on any atom is 0.316 e. The first-order chi connectivity index (χ1) is 14.0. The summed E-state index contributed by atoms with van der Waals surface area (Å²) in [5.41, 5.74) is 5.78. The number of ketones is 1. The van der Waals surface area contributed by atoms with Crippen LogP contribution in [-0.4, -0.2) is 49.1 Å². The molecule has 8 heteroatoms. The predicted octanol–water partition coefficient (Wildman–Crippen LogP) is 2.56. The van der Waals surface area contributed by atoms with Crippen LogP contribution in [0.1, 0.15) is 48.0 Å². The molecular weight excluding hydrogens is 377 g/mol. The molecule has 1 aromatic rings. The van der Waals surface area contributed by atoms with Crippen molar-refractivity contribution in [2.75, 3.05) is 30.0 Å². The smallest absolute Gasteiger partial charge is 0.316 e. The molecule has 2 fully saturated rings. The third-order valence-electron chi connectivity index (χ3n) is 6.47. The van der Waals surface area contributed by atoms with Gasteiger partial charge in [-0.15, -0.1) is 0 Å². The molecular formula is C21H24FN3O4. The molecule has 0 radical (unpaired) electrons. The van der Waals surface area contributed by atoms with Gasteiger partial charge in [0.15, 0.2) is 5.78 Å². The van der Waals surface area contributed by atoms with E-state index in [9.17, 15) is 14.7 Å². The topological polar surface area (TPSA) is 82.1 Å². The molecule has 1 saturated carbocycles. The summed E-state index contributed by atoms with van der Waals surface area (Å²) in [6, 6.07) is 1.63. The van der Waals surface area contributed by atoms with Crippen LogP contribution >= 0.6 is 0 Å². The van der Waals surface area contributed by atoms with Crippen LogP contribution < -0.4 is 15.3 Å². The van der Waals surface area contributed by atoms with Crippen molar-refractivity contribution in [3.63, 3.8) is 0 Å². The highest BCUT2D eigenvalue weighted by molar-refractivity contribution is 6.15. The Hall–Kier alpha value is -2.61. The number of halogens is 1. The van der Waals surface area contributed by atoms with Gasteiger partial charge in [-0.05, 0) is 37.8 Å². The normalized spacial score (nSPS) is 25.7. The number of hydrogen-bond donors (Lipinski definition) is 2. The molecule has 0 amide bonds. The minimum Gasteiger partial charge on any atom is -0.481 e. The van der Waals surface area contributed by atoms with E-state index in [2.05, 4.69) is 10.4 Å². The second kappa shape index (κ2) is 6.73. The summed E-state index contributed by atoms with van der Waals surface area (Å²) in [7, 11) is 1.54. The van der Waals surface area contributed by atoms with Crippen LogP contribution in [0.2, 0.25) is 0 Å². The number of carbonyl (C=O) groups is 2. The van der Waals surface area contributed by atoms with Gasteiger partial charge in [0.05, 0.1) is 18.5 Å². The third-order valence-corrected chi connectivity index (χ3v) is 6.47. The van der Waals surface area contributed by atoms with Gasteiger partial charge in [0.25, 0.3) is 0 Å². The fourth-order valence-corrected chi connectivity index (χ4v) is 5.07. The summed E-state index contributed by atoms with van der Waals surface area (Å²) in [5, 5.41) is 9.55. The van der Waals surface area contributed by atoms with Crippen molar-refractivity contribution in [2.24, 2.45) is 5.92 Å². The first-order valence-electron chi connectivity index (χ1n) is 10.2. The van der Waals surface area contributed by atoms with Gasteiger partial charge in [0.2, 0.25) is 0 Å². The van der Waals surface area contributed by atoms with Crippen molar-refractivity contribution < 1.29 is 23.9 Å². The van der Waals surface area contributed by atoms with Crippen molar-refractivity contribution in [2.45, 2.75) is 44.2 Å². The van der Waals surface area contributed by atoms with Crippen molar-refractivity contribution in [3.05, 3.63) is 28.7 Å². The molecule has 2 atom stereocenters. The summed E-state index contributed by atoms with van der Waals surface area (Å²) in [5.74, 6) is -3.29. The number of hydroxylamine groups is 1. The van der Waals surface area contributed by atoms with Gasteiger partial charge < -0.3 is 14.9 Å². The van der Waals surface area contributed by atoms with E-state index in [4.69, 9.17) is 4.84 Å². The first kappa shape index (κ1) is 18.4. The molecule has 5 rings (SSSR count). The number of nitrogens with zero attached hydrogens (tertiary/aromatic N) is 2. The molecule has 0 bridgehead atoms. The van der Waals surface area contributed by atoms with Gasteiger partial charge in [0, 0.05) is 48.4 Å². The lowest BCUT2D eigenvalue weighted by Crippen LogP contribution is -2.44. The van der Waals surface area contributed by atoms with Gasteiger partial charge in [-0.1, -0.05) is 0 Å². The lowest BCUT2D eigenvalue weighted by molar-refractivity contribution is -0.139. The summed E-state index contributed by atoms with van der Waals surface area (Å²) >= 11 is 0. The van der Waals surface area contributed by atoms with Gasteiger partial charge in [-0.3, -0.25) is 19.9 Å². The Morgan fingerprint density at radius 1 is 1.24 bits per heavy atom. The van der Waals surface area contributed by atoms with Gasteiger partial charge in [-0.25, -0.2) is 4.39 Å². The van der Waals surface area contributed by atoms with E-state index in [-0.39, 0.29) is 24.2 Å². The number of Topliss-reactive ketones (excluding diaryl/α,β-unsaturated/α-hetero) is 1. The quantitative estimate of drug-likeness (QED) is 0.593. The van der Waals surface area contributed by atoms with Crippen molar-refractivity contribution in [1.29, 1.82) is 0 Å². The number of aliphatic carboxylic acids is 1. The average Bonchev–Trinajstić information content (AvgIpc) is 3.45. The Balaban J connectivity index is 1.75. The van der Waals surface area contributed by atoms with E-state index >= 15 is 4.39 Å². The Kier molecular flexibility index (Phi) is 4.27. The van der Waals surface area contributed by atoms with Gasteiger partial charge in [-0.2, -0.15) is 0 Å². The number of nitrogens with one attached hydrogen (secondary N) is 1. The highest BCUT2D eigenvalue weighted by Gasteiger charge is 2.45. The van der Waals surface area contributed by atoms with Crippen LogP contribution in [0.5, 0.6) is 0 Å². The lowest BCUT2D eigenvalue weighted by atomic mass is 9.87. The molecule has 7 nitrogen and oxygen atoms in total. The minimum absolute atomic E-state index is 0.133. The summed E-state index contributed by atoms with van der Waals surface area (Å²) < 4.78 is 15.4. The number of anilines is 2. The van der Waals surface area contributed by atoms with E-state index in [0.717, 1.165) is 37.9 Å². The lowest BCUT2D eigenvalue weighted by Gasteiger charge is -2.37. The second-order valence-electron chi connectivity index (χ2n) is 8.32. The fourth-order valence-electron chi connectivity index (χ4n) is 5.07. The van der Waals surface area contributed by atoms with E-state index in [0.29, 0.717) is 23.4 Å². The molecule has 1 saturated heterocycles. The molecule has 0 aromatic heterocycles. The molecule has 3 heterocycles. The van der Waals surface area contributed by atoms with Gasteiger partial charge >= 0.3 is 5.97 Å². The van der Waals surface area contributed by atoms with Crippen molar-refractivity contribution >= 4 is 29.2 Å². The second-order valence-corrected chi connectivity index (χ2v) is 8.32. The molecule has 0 spiro atoms. The van der Waals surface area contributed by atoms with Crippen LogP contribution in [0.25, 0.3) is 6.08 Å². The van der Waals surface area contributed by atoms with Crippen LogP contribution in [0.3, 0.4) is 0 Å². The third kappa shape index (κ3) is 2.88. The summed E-state index contributed by atoms with van der Waals surface area (Å²) in [6.07, 6.45) is 6.42. The maximum absolute atomic E-state index is 15.4. The zero-order valence-corrected chi connectivity index (χ0v) is 16.3. The van der Waals surface area contributed by atoms with Crippen LogP contribution in [0.15, 0.2) is 11.8 Å². The Bertz CT molecular complexity index is 927. The molecule has 29 heavy (non-hydrogen) atoms. The minimum atomic E-state index is -1.16. The number of hydrogen-bond acceptors (Lipinski definition) is 6. The highest BCUT2D eigenvalue weighted by atomic mass is 19.1. The molecule has 1 aromatic carbocycles. The number of rotatable bonds is 4. The Labute approximate surface area is 168 Å². The molecule has 1 aliphatic carbocycles. The molecule has 3 aliphatic heterocycles. The van der Waals surface area contributed by atoms with Crippen molar-refractivity contribution in [3.8, 4) is 0 Å². The first-order valence-corrected chi connectivity index (χ1v) is 10.2. The fraction of sp³-hybridized carbons (Fsp3) is 0.524. The average molecular weight is 401 g/mol. The standard InChI is InChI=1S/C21H24FN3O4/c1-29-23-11-7-13-3-2-6-24(13)19-14(8-11)18-15(9-17(19)22)20(26)16(21(27)28)10-25(18)12-4-5-12/h8-9,12-13,16,23H,2-7,10H2,1H3,(H,27,28). The molecule has 4 aliphatic rings. The summed E-state index contributed by atoms with van der Waals surface area (Å²) in [6.45, 7) is 0.894. The molecule has 2 N–H and O–H groups in total. The zero-order chi connectivity index (χ0) is 20.3. The number of carboxylic acids is 1.